The summed E-state index contributed by atoms with van der Waals surface area (Å²) in [6.45, 7) is 4.79. The Labute approximate surface area is 391 Å². The summed E-state index contributed by atoms with van der Waals surface area (Å²) >= 11 is 0. The van der Waals surface area contributed by atoms with Crippen LogP contribution in [0, 0.1) is 0 Å². The Balaban J connectivity index is 1.05. The molecule has 9 nitrogen and oxygen atoms in total. The number of hydrogen-bond acceptors (Lipinski definition) is 8. The molecule has 0 fully saturated rings. The van der Waals surface area contributed by atoms with Gasteiger partial charge < -0.3 is 24.1 Å². The molecule has 68 heavy (non-hydrogen) atoms. The molecular formula is C59H46O9. The minimum Gasteiger partial charge on any atom is -0.466 e. The van der Waals surface area contributed by atoms with Crippen LogP contribution in [0.4, 0.5) is 4.79 Å². The van der Waals surface area contributed by atoms with E-state index in [0.717, 1.165) is 115 Å². The first-order valence-corrected chi connectivity index (χ1v) is 22.9. The van der Waals surface area contributed by atoms with Crippen molar-refractivity contribution in [3.05, 3.63) is 156 Å². The molecular weight excluding hydrogens is 853 g/mol. The quantitative estimate of drug-likeness (QED) is 0.0521. The third-order valence-electron chi connectivity index (χ3n) is 13.9. The molecule has 10 aromatic rings. The highest BCUT2D eigenvalue weighted by atomic mass is 16.7. The van der Waals surface area contributed by atoms with Gasteiger partial charge in [-0.2, -0.15) is 0 Å². The number of carbonyl (C=O) groups excluding carboxylic acids is 3. The molecule has 11 rings (SSSR count). The van der Waals surface area contributed by atoms with E-state index in [1.54, 1.807) is 0 Å². The van der Waals surface area contributed by atoms with E-state index in [-0.39, 0.29) is 37.7 Å². The molecule has 0 aromatic heterocycles. The summed E-state index contributed by atoms with van der Waals surface area (Å²) in [5, 5.41) is 23.5. The van der Waals surface area contributed by atoms with Crippen LogP contribution in [0.1, 0.15) is 55.9 Å². The number of carbonyl (C=O) groups is 4. The normalized spacial score (nSPS) is 14.3. The van der Waals surface area contributed by atoms with Crippen molar-refractivity contribution >= 4 is 88.7 Å². The third-order valence-corrected chi connectivity index (χ3v) is 13.9. The summed E-state index contributed by atoms with van der Waals surface area (Å²) in [7, 11) is 0. The second-order valence-electron chi connectivity index (χ2n) is 18.1. The zero-order valence-electron chi connectivity index (χ0n) is 37.9. The van der Waals surface area contributed by atoms with Crippen LogP contribution < -0.4 is 0 Å². The molecule has 1 atom stereocenters. The maximum absolute atomic E-state index is 12.4. The van der Waals surface area contributed by atoms with Gasteiger partial charge in [-0.15, -0.1) is 0 Å². The van der Waals surface area contributed by atoms with Crippen molar-refractivity contribution in [1.29, 1.82) is 0 Å². The molecule has 9 heteroatoms. The number of ether oxygens (including phenoxy) is 4. The molecule has 336 valence electrons. The maximum atomic E-state index is 12.4. The van der Waals surface area contributed by atoms with Gasteiger partial charge in [0.05, 0.1) is 18.6 Å². The van der Waals surface area contributed by atoms with Crippen LogP contribution in [-0.2, 0) is 51.8 Å². The molecule has 0 heterocycles. The molecule has 10 aromatic carbocycles. The van der Waals surface area contributed by atoms with E-state index in [9.17, 15) is 24.3 Å². The fourth-order valence-electron chi connectivity index (χ4n) is 11.1. The van der Waals surface area contributed by atoms with Crippen molar-refractivity contribution in [2.24, 2.45) is 0 Å². The van der Waals surface area contributed by atoms with Crippen molar-refractivity contribution in [3.8, 4) is 33.4 Å². The lowest BCUT2D eigenvalue weighted by Gasteiger charge is -2.32. The maximum Gasteiger partial charge on any atom is 0.505 e. The summed E-state index contributed by atoms with van der Waals surface area (Å²) in [5.74, 6) is -0.991. The lowest BCUT2D eigenvalue weighted by molar-refractivity contribution is -0.142. The third kappa shape index (κ3) is 7.26. The van der Waals surface area contributed by atoms with Gasteiger partial charge >= 0.3 is 24.1 Å². The van der Waals surface area contributed by atoms with E-state index in [1.807, 2.05) is 0 Å². The zero-order valence-corrected chi connectivity index (χ0v) is 37.9. The van der Waals surface area contributed by atoms with Gasteiger partial charge in [-0.05, 0) is 157 Å². The Hall–Kier alpha value is -8.04. The minimum absolute atomic E-state index is 0.137. The molecule has 0 bridgehead atoms. The largest absolute Gasteiger partial charge is 0.505 e. The lowest BCUT2D eigenvalue weighted by Crippen LogP contribution is -2.33. The van der Waals surface area contributed by atoms with Crippen LogP contribution in [0.25, 0.3) is 98.0 Å². The standard InChI is InChI=1S/C59H46O9/c1-33(60)65-23-4-22-59(32-68-58(63)64)52-29-40(46-15-9-38-5-7-42-25-36(21-24-66-34(2)61)26-44-13-19-50(46)56(38)54(42)44)11-17-48(52)49-18-12-41(30-53(49)59)47-16-10-39-6-8-43-27-37(31-67-35(3)62)28-45-14-20-51(47)57(39)55(43)45/h5-20,25-30H,4,21-24,31-32H2,1-3H3,(H,63,64). The van der Waals surface area contributed by atoms with E-state index in [0.29, 0.717) is 25.9 Å². The first-order chi connectivity index (χ1) is 33.0. The van der Waals surface area contributed by atoms with Crippen LogP contribution in [0.2, 0.25) is 0 Å². The Morgan fingerprint density at radius 2 is 0.897 bits per heavy atom. The van der Waals surface area contributed by atoms with E-state index in [1.165, 1.54) is 26.2 Å². The summed E-state index contributed by atoms with van der Waals surface area (Å²) in [6.07, 6.45) is 0.174. The van der Waals surface area contributed by atoms with Gasteiger partial charge in [0.15, 0.2) is 0 Å². The Kier molecular flexibility index (Phi) is 10.4. The van der Waals surface area contributed by atoms with Gasteiger partial charge in [0, 0.05) is 27.2 Å². The number of benzene rings is 10. The highest BCUT2D eigenvalue weighted by Gasteiger charge is 2.45. The number of fused-ring (bicyclic) bond motifs is 3. The Morgan fingerprint density at radius 3 is 1.40 bits per heavy atom. The fourth-order valence-corrected chi connectivity index (χ4v) is 11.1. The number of hydrogen-bond donors (Lipinski definition) is 1. The predicted octanol–water partition coefficient (Wildman–Crippen LogP) is 13.3. The van der Waals surface area contributed by atoms with E-state index in [2.05, 4.69) is 133 Å². The molecule has 1 aliphatic carbocycles. The van der Waals surface area contributed by atoms with Gasteiger partial charge in [0.2, 0.25) is 0 Å². The lowest BCUT2D eigenvalue weighted by atomic mass is 9.74. The smallest absolute Gasteiger partial charge is 0.466 e. The first-order valence-electron chi connectivity index (χ1n) is 22.9. The number of carboxylic acid groups (broad SMARTS) is 1. The first kappa shape index (κ1) is 42.6. The van der Waals surface area contributed by atoms with Crippen LogP contribution in [0.15, 0.2) is 133 Å². The molecule has 0 amide bonds. The van der Waals surface area contributed by atoms with Crippen molar-refractivity contribution in [2.45, 2.75) is 52.1 Å². The Morgan fingerprint density at radius 1 is 0.456 bits per heavy atom. The topological polar surface area (TPSA) is 125 Å². The van der Waals surface area contributed by atoms with Gasteiger partial charge in [-0.3, -0.25) is 14.4 Å². The number of esters is 3. The fraction of sp³-hybridized carbons (Fsp3) is 0.186. The number of rotatable bonds is 13. The average Bonchev–Trinajstić information content (AvgIpc) is 3.59. The van der Waals surface area contributed by atoms with E-state index in [4.69, 9.17) is 18.9 Å². The average molecular weight is 899 g/mol. The van der Waals surface area contributed by atoms with Crippen LogP contribution in [0.5, 0.6) is 0 Å². The molecule has 0 saturated carbocycles. The van der Waals surface area contributed by atoms with Gasteiger partial charge in [-0.1, -0.05) is 109 Å². The summed E-state index contributed by atoms with van der Waals surface area (Å²) in [5.41, 5.74) is 9.03. The van der Waals surface area contributed by atoms with Crippen LogP contribution >= 0.6 is 0 Å². The van der Waals surface area contributed by atoms with Crippen LogP contribution in [0.3, 0.4) is 0 Å². The van der Waals surface area contributed by atoms with Crippen molar-refractivity contribution in [3.63, 3.8) is 0 Å². The summed E-state index contributed by atoms with van der Waals surface area (Å²) < 4.78 is 21.7. The van der Waals surface area contributed by atoms with Crippen molar-refractivity contribution in [1.82, 2.24) is 0 Å². The summed E-state index contributed by atoms with van der Waals surface area (Å²) in [6, 6.07) is 47.3. The zero-order chi connectivity index (χ0) is 46.8. The van der Waals surface area contributed by atoms with Crippen molar-refractivity contribution < 1.29 is 43.2 Å². The van der Waals surface area contributed by atoms with E-state index >= 15 is 0 Å². The molecule has 0 radical (unpaired) electrons. The SMILES string of the molecule is CC(=O)OCCCC1(COC(=O)O)c2cc(-c3ccc4ccc5cc(CCOC(C)=O)cc6ccc3c4c56)ccc2-c2ccc(-c3ccc4ccc5cc(COC(C)=O)cc6ccc3c4c56)cc21. The highest BCUT2D eigenvalue weighted by Crippen LogP contribution is 2.54. The minimum atomic E-state index is -1.37. The molecule has 0 saturated heterocycles. The second kappa shape index (κ2) is 16.7. The molecule has 0 spiro atoms. The predicted molar refractivity (Wildman–Crippen MR) is 267 cm³/mol. The van der Waals surface area contributed by atoms with Crippen LogP contribution in [-0.4, -0.2) is 49.0 Å². The molecule has 0 aliphatic heterocycles. The highest BCUT2D eigenvalue weighted by molar-refractivity contribution is 6.27. The summed E-state index contributed by atoms with van der Waals surface area (Å²) in [4.78, 5) is 47.5. The van der Waals surface area contributed by atoms with Gasteiger partial charge in [0.25, 0.3) is 0 Å². The van der Waals surface area contributed by atoms with Gasteiger partial charge in [-0.25, -0.2) is 4.79 Å². The second-order valence-corrected chi connectivity index (χ2v) is 18.1. The van der Waals surface area contributed by atoms with E-state index < -0.39 is 11.6 Å². The molecule has 1 aliphatic rings. The van der Waals surface area contributed by atoms with Crippen molar-refractivity contribution in [2.75, 3.05) is 19.8 Å². The molecule has 1 unspecified atom stereocenters. The monoisotopic (exact) mass is 898 g/mol. The molecule has 1 N–H and O–H groups in total. The van der Waals surface area contributed by atoms with Gasteiger partial charge in [0.1, 0.15) is 13.2 Å². The Bertz CT molecular complexity index is 3660.